The monoisotopic (exact) mass is 300 g/mol. The van der Waals surface area contributed by atoms with Crippen LogP contribution in [0.25, 0.3) is 11.3 Å². The fraction of sp³-hybridized carbons (Fsp3) is 0. The number of carboxylic acid groups (broad SMARTS) is 1. The third kappa shape index (κ3) is 2.13. The van der Waals surface area contributed by atoms with E-state index in [0.29, 0.717) is 10.8 Å². The number of hydrogen-bond acceptors (Lipinski definition) is 2. The van der Waals surface area contributed by atoms with Gasteiger partial charge in [-0.2, -0.15) is 0 Å². The van der Waals surface area contributed by atoms with E-state index in [1.165, 1.54) is 6.07 Å². The molecule has 1 heterocycles. The SMILES string of the molecule is O=C(O)c1ccc(-c2ccc(Cl)c(Br)c2)o1. The average molecular weight is 302 g/mol. The summed E-state index contributed by atoms with van der Waals surface area (Å²) in [4.78, 5) is 10.6. The molecule has 3 nitrogen and oxygen atoms in total. The van der Waals surface area contributed by atoms with Crippen LogP contribution in [-0.4, -0.2) is 11.1 Å². The van der Waals surface area contributed by atoms with Gasteiger partial charge >= 0.3 is 5.97 Å². The minimum Gasteiger partial charge on any atom is -0.475 e. The van der Waals surface area contributed by atoms with Gasteiger partial charge in [0, 0.05) is 10.0 Å². The van der Waals surface area contributed by atoms with Crippen molar-refractivity contribution in [3.05, 3.63) is 45.6 Å². The molecule has 1 aromatic heterocycles. The van der Waals surface area contributed by atoms with Gasteiger partial charge in [-0.3, -0.25) is 0 Å². The van der Waals surface area contributed by atoms with E-state index in [2.05, 4.69) is 15.9 Å². The lowest BCUT2D eigenvalue weighted by Gasteiger charge is -1.99. The lowest BCUT2D eigenvalue weighted by atomic mass is 10.2. The highest BCUT2D eigenvalue weighted by atomic mass is 79.9. The minimum atomic E-state index is -1.08. The van der Waals surface area contributed by atoms with E-state index in [1.54, 1.807) is 24.3 Å². The average Bonchev–Trinajstić information content (AvgIpc) is 2.71. The Morgan fingerprint density at radius 3 is 2.62 bits per heavy atom. The number of halogens is 2. The maximum absolute atomic E-state index is 10.6. The molecule has 1 aromatic carbocycles. The van der Waals surface area contributed by atoms with Gasteiger partial charge in [0.25, 0.3) is 0 Å². The summed E-state index contributed by atoms with van der Waals surface area (Å²) in [7, 11) is 0. The highest BCUT2D eigenvalue weighted by Gasteiger charge is 2.10. The highest BCUT2D eigenvalue weighted by molar-refractivity contribution is 9.10. The molecule has 1 N–H and O–H groups in total. The number of hydrogen-bond donors (Lipinski definition) is 1. The summed E-state index contributed by atoms with van der Waals surface area (Å²) in [6.07, 6.45) is 0. The Bertz CT molecular complexity index is 548. The smallest absolute Gasteiger partial charge is 0.371 e. The van der Waals surface area contributed by atoms with Gasteiger partial charge in [-0.1, -0.05) is 11.6 Å². The summed E-state index contributed by atoms with van der Waals surface area (Å²) in [5, 5.41) is 9.31. The number of furan rings is 1. The van der Waals surface area contributed by atoms with Crippen LogP contribution in [0.2, 0.25) is 5.02 Å². The van der Waals surface area contributed by atoms with E-state index in [1.807, 2.05) is 0 Å². The zero-order valence-corrected chi connectivity index (χ0v) is 10.2. The molecule has 0 saturated carbocycles. The van der Waals surface area contributed by atoms with Gasteiger partial charge in [-0.15, -0.1) is 0 Å². The van der Waals surface area contributed by atoms with Gasteiger partial charge in [0.1, 0.15) is 5.76 Å². The summed E-state index contributed by atoms with van der Waals surface area (Å²) >= 11 is 9.14. The molecule has 82 valence electrons. The molecular weight excluding hydrogens is 295 g/mol. The molecule has 0 saturated heterocycles. The molecule has 0 spiro atoms. The van der Waals surface area contributed by atoms with Gasteiger partial charge in [-0.25, -0.2) is 4.79 Å². The summed E-state index contributed by atoms with van der Waals surface area (Å²) in [6.45, 7) is 0. The van der Waals surface area contributed by atoms with Crippen molar-refractivity contribution in [1.29, 1.82) is 0 Å². The van der Waals surface area contributed by atoms with Crippen molar-refractivity contribution in [3.63, 3.8) is 0 Å². The Labute approximate surface area is 105 Å². The molecule has 0 aliphatic heterocycles. The highest BCUT2D eigenvalue weighted by Crippen LogP contribution is 2.29. The van der Waals surface area contributed by atoms with Crippen LogP contribution in [0.15, 0.2) is 39.2 Å². The molecule has 5 heteroatoms. The van der Waals surface area contributed by atoms with E-state index in [9.17, 15) is 4.79 Å². The molecule has 2 aromatic rings. The zero-order chi connectivity index (χ0) is 11.7. The van der Waals surface area contributed by atoms with Crippen molar-refractivity contribution < 1.29 is 14.3 Å². The summed E-state index contributed by atoms with van der Waals surface area (Å²) in [6, 6.07) is 8.27. The zero-order valence-electron chi connectivity index (χ0n) is 7.91. The van der Waals surface area contributed by atoms with Gasteiger partial charge < -0.3 is 9.52 Å². The Morgan fingerprint density at radius 1 is 1.31 bits per heavy atom. The Hall–Kier alpha value is -1.26. The maximum atomic E-state index is 10.6. The third-order valence-corrected chi connectivity index (χ3v) is 3.23. The van der Waals surface area contributed by atoms with Crippen molar-refractivity contribution in [3.8, 4) is 11.3 Å². The number of benzene rings is 1. The first kappa shape index (κ1) is 11.2. The molecular formula is C11H6BrClO3. The van der Waals surface area contributed by atoms with E-state index in [4.69, 9.17) is 21.1 Å². The Kier molecular flexibility index (Phi) is 3.03. The quantitative estimate of drug-likeness (QED) is 0.910. The van der Waals surface area contributed by atoms with Crippen LogP contribution in [0, 0.1) is 0 Å². The summed E-state index contributed by atoms with van der Waals surface area (Å²) in [5.41, 5.74) is 0.767. The summed E-state index contributed by atoms with van der Waals surface area (Å²) < 4.78 is 5.90. The van der Waals surface area contributed by atoms with Gasteiger partial charge in [0.2, 0.25) is 5.76 Å². The Morgan fingerprint density at radius 2 is 2.06 bits per heavy atom. The first-order valence-electron chi connectivity index (χ1n) is 4.36. The van der Waals surface area contributed by atoms with E-state index in [-0.39, 0.29) is 5.76 Å². The number of aromatic carboxylic acids is 1. The first-order chi connectivity index (χ1) is 7.58. The van der Waals surface area contributed by atoms with Crippen LogP contribution in [-0.2, 0) is 0 Å². The van der Waals surface area contributed by atoms with Crippen LogP contribution in [0.4, 0.5) is 0 Å². The maximum Gasteiger partial charge on any atom is 0.371 e. The van der Waals surface area contributed by atoms with Crippen molar-refractivity contribution in [2.75, 3.05) is 0 Å². The van der Waals surface area contributed by atoms with Gasteiger partial charge in [0.05, 0.1) is 5.02 Å². The molecule has 0 bridgehead atoms. The molecule has 0 aliphatic rings. The topological polar surface area (TPSA) is 50.4 Å². The molecule has 0 aliphatic carbocycles. The van der Waals surface area contributed by atoms with Gasteiger partial charge in [0.15, 0.2) is 0 Å². The molecule has 0 amide bonds. The second-order valence-electron chi connectivity index (χ2n) is 3.10. The lowest BCUT2D eigenvalue weighted by Crippen LogP contribution is -1.91. The largest absolute Gasteiger partial charge is 0.475 e. The van der Waals surface area contributed by atoms with Crippen LogP contribution in [0.1, 0.15) is 10.6 Å². The van der Waals surface area contributed by atoms with Crippen LogP contribution in [0.3, 0.4) is 0 Å². The molecule has 16 heavy (non-hydrogen) atoms. The normalized spacial score (nSPS) is 10.4. The number of carboxylic acids is 1. The number of rotatable bonds is 2. The van der Waals surface area contributed by atoms with E-state index < -0.39 is 5.97 Å². The van der Waals surface area contributed by atoms with Crippen LogP contribution in [0.5, 0.6) is 0 Å². The van der Waals surface area contributed by atoms with E-state index in [0.717, 1.165) is 10.0 Å². The fourth-order valence-corrected chi connectivity index (χ4v) is 1.75. The lowest BCUT2D eigenvalue weighted by molar-refractivity contribution is 0.0663. The van der Waals surface area contributed by atoms with Crippen molar-refractivity contribution in [2.45, 2.75) is 0 Å². The predicted molar refractivity (Wildman–Crippen MR) is 63.8 cm³/mol. The van der Waals surface area contributed by atoms with Crippen LogP contribution >= 0.6 is 27.5 Å². The fourth-order valence-electron chi connectivity index (χ4n) is 1.26. The van der Waals surface area contributed by atoms with Gasteiger partial charge in [-0.05, 0) is 46.3 Å². The minimum absolute atomic E-state index is 0.0823. The first-order valence-corrected chi connectivity index (χ1v) is 5.53. The molecule has 0 unspecified atom stereocenters. The summed E-state index contributed by atoms with van der Waals surface area (Å²) in [5.74, 6) is -0.671. The van der Waals surface area contributed by atoms with E-state index >= 15 is 0 Å². The van der Waals surface area contributed by atoms with Crippen LogP contribution < -0.4 is 0 Å². The standard InChI is InChI=1S/C11H6BrClO3/c12-7-5-6(1-2-8(7)13)9-3-4-10(16-9)11(14)15/h1-5H,(H,14,15). The Balaban J connectivity index is 2.42. The van der Waals surface area contributed by atoms with Crippen molar-refractivity contribution in [1.82, 2.24) is 0 Å². The molecule has 0 atom stereocenters. The molecule has 0 fully saturated rings. The molecule has 0 radical (unpaired) electrons. The van der Waals surface area contributed by atoms with Crippen molar-refractivity contribution >= 4 is 33.5 Å². The second kappa shape index (κ2) is 4.31. The number of carbonyl (C=O) groups is 1. The third-order valence-electron chi connectivity index (χ3n) is 2.02. The predicted octanol–water partition coefficient (Wildman–Crippen LogP) is 4.06. The molecule has 2 rings (SSSR count). The van der Waals surface area contributed by atoms with Crippen molar-refractivity contribution in [2.24, 2.45) is 0 Å². The second-order valence-corrected chi connectivity index (χ2v) is 4.36.